The van der Waals surface area contributed by atoms with Crippen LogP contribution in [-0.4, -0.2) is 47.2 Å². The number of hydrogen-bond donors (Lipinski definition) is 1. The van der Waals surface area contributed by atoms with Crippen molar-refractivity contribution in [1.82, 2.24) is 10.1 Å². The number of ether oxygens (including phenoxy) is 1. The summed E-state index contributed by atoms with van der Waals surface area (Å²) < 4.78 is 10.5. The highest BCUT2D eigenvalue weighted by molar-refractivity contribution is 5.80. The second kappa shape index (κ2) is 7.82. The van der Waals surface area contributed by atoms with E-state index in [0.29, 0.717) is 25.1 Å². The molecule has 7 heteroatoms. The van der Waals surface area contributed by atoms with Crippen LogP contribution in [0.1, 0.15) is 34.9 Å². The maximum absolute atomic E-state index is 12.7. The largest absolute Gasteiger partial charge is 0.496 e. The molecule has 1 amide bonds. The summed E-state index contributed by atoms with van der Waals surface area (Å²) in [6.45, 7) is 4.26. The van der Waals surface area contributed by atoms with Crippen molar-refractivity contribution in [2.45, 2.75) is 32.6 Å². The zero-order valence-electron chi connectivity index (χ0n) is 15.8. The van der Waals surface area contributed by atoms with E-state index in [1.54, 1.807) is 12.0 Å². The van der Waals surface area contributed by atoms with Crippen LogP contribution < -0.4 is 4.74 Å². The number of carbonyl (C=O) groups is 2. The first-order chi connectivity index (χ1) is 12.9. The molecular weight excluding hydrogens is 348 g/mol. The molecule has 3 rings (SSSR count). The molecule has 0 spiro atoms. The number of aryl methyl sites for hydroxylation is 2. The lowest BCUT2D eigenvalue weighted by atomic mass is 9.88. The smallest absolute Gasteiger partial charge is 0.308 e. The number of nitrogens with zero attached hydrogens (tertiary/aromatic N) is 2. The topological polar surface area (TPSA) is 92.9 Å². The summed E-state index contributed by atoms with van der Waals surface area (Å²) in [5, 5.41) is 13.6. The van der Waals surface area contributed by atoms with Gasteiger partial charge in [0.25, 0.3) is 0 Å². The van der Waals surface area contributed by atoms with Crippen LogP contribution in [0, 0.1) is 19.8 Å². The first kappa shape index (κ1) is 18.9. The van der Waals surface area contributed by atoms with Gasteiger partial charge in [-0.05, 0) is 31.9 Å². The van der Waals surface area contributed by atoms with E-state index in [1.807, 2.05) is 38.1 Å². The Morgan fingerprint density at radius 2 is 2.04 bits per heavy atom. The van der Waals surface area contributed by atoms with E-state index in [9.17, 15) is 14.7 Å². The molecule has 1 fully saturated rings. The first-order valence-electron chi connectivity index (χ1n) is 8.97. The minimum Gasteiger partial charge on any atom is -0.496 e. The monoisotopic (exact) mass is 372 g/mol. The lowest BCUT2D eigenvalue weighted by molar-refractivity contribution is -0.141. The van der Waals surface area contributed by atoms with Crippen LogP contribution in [0.25, 0.3) is 0 Å². The zero-order valence-corrected chi connectivity index (χ0v) is 15.8. The third-order valence-electron chi connectivity index (χ3n) is 5.30. The minimum atomic E-state index is -0.896. The lowest BCUT2D eigenvalue weighted by Gasteiger charge is -2.18. The Labute approximate surface area is 157 Å². The summed E-state index contributed by atoms with van der Waals surface area (Å²) in [6.07, 6.45) is 0.835. The fourth-order valence-corrected chi connectivity index (χ4v) is 3.79. The molecule has 144 valence electrons. The van der Waals surface area contributed by atoms with E-state index in [2.05, 4.69) is 5.16 Å². The molecule has 2 heterocycles. The summed E-state index contributed by atoms with van der Waals surface area (Å²) >= 11 is 0. The zero-order chi connectivity index (χ0) is 19.6. The van der Waals surface area contributed by atoms with Crippen molar-refractivity contribution in [1.29, 1.82) is 0 Å². The van der Waals surface area contributed by atoms with E-state index >= 15 is 0 Å². The van der Waals surface area contributed by atoms with Crippen molar-refractivity contribution in [2.75, 3.05) is 20.2 Å². The van der Waals surface area contributed by atoms with Crippen molar-refractivity contribution in [2.24, 2.45) is 5.92 Å². The predicted molar refractivity (Wildman–Crippen MR) is 97.7 cm³/mol. The average molecular weight is 372 g/mol. The highest BCUT2D eigenvalue weighted by Gasteiger charge is 2.41. The van der Waals surface area contributed by atoms with E-state index in [-0.39, 0.29) is 18.4 Å². The van der Waals surface area contributed by atoms with Gasteiger partial charge in [0.1, 0.15) is 11.5 Å². The van der Waals surface area contributed by atoms with Crippen molar-refractivity contribution in [3.63, 3.8) is 0 Å². The van der Waals surface area contributed by atoms with Crippen LogP contribution in [-0.2, 0) is 16.0 Å². The highest BCUT2D eigenvalue weighted by atomic mass is 16.5. The molecule has 1 aromatic heterocycles. The summed E-state index contributed by atoms with van der Waals surface area (Å²) in [7, 11) is 1.57. The number of benzene rings is 1. The summed E-state index contributed by atoms with van der Waals surface area (Å²) in [5.41, 5.74) is 2.56. The number of rotatable bonds is 6. The Morgan fingerprint density at radius 1 is 1.30 bits per heavy atom. The minimum absolute atomic E-state index is 0.0568. The highest BCUT2D eigenvalue weighted by Crippen LogP contribution is 2.37. The molecule has 0 bridgehead atoms. The second-order valence-corrected chi connectivity index (χ2v) is 6.89. The van der Waals surface area contributed by atoms with Gasteiger partial charge in [-0.1, -0.05) is 23.4 Å². The van der Waals surface area contributed by atoms with Gasteiger partial charge in [-0.15, -0.1) is 0 Å². The molecule has 0 aliphatic carbocycles. The fourth-order valence-electron chi connectivity index (χ4n) is 3.79. The number of para-hydroxylation sites is 1. The lowest BCUT2D eigenvalue weighted by Crippen LogP contribution is -2.30. The van der Waals surface area contributed by atoms with Crippen LogP contribution in [0.3, 0.4) is 0 Å². The van der Waals surface area contributed by atoms with Gasteiger partial charge in [-0.3, -0.25) is 9.59 Å². The molecule has 2 aromatic rings. The molecule has 0 radical (unpaired) electrons. The molecule has 1 aromatic carbocycles. The summed E-state index contributed by atoms with van der Waals surface area (Å²) in [5.74, 6) is -0.521. The van der Waals surface area contributed by atoms with Crippen molar-refractivity contribution in [3.05, 3.63) is 46.8 Å². The van der Waals surface area contributed by atoms with Crippen molar-refractivity contribution in [3.8, 4) is 5.75 Å². The third kappa shape index (κ3) is 3.82. The third-order valence-corrected chi connectivity index (χ3v) is 5.30. The Hall–Kier alpha value is -2.83. The maximum Gasteiger partial charge on any atom is 0.308 e. The first-order valence-corrected chi connectivity index (χ1v) is 8.97. The van der Waals surface area contributed by atoms with Gasteiger partial charge in [0.05, 0.1) is 18.7 Å². The van der Waals surface area contributed by atoms with Gasteiger partial charge in [-0.25, -0.2) is 0 Å². The Balaban J connectivity index is 1.74. The van der Waals surface area contributed by atoms with Crippen LogP contribution in [0.15, 0.2) is 28.8 Å². The molecule has 1 aliphatic heterocycles. The van der Waals surface area contributed by atoms with Gasteiger partial charge in [0, 0.05) is 31.0 Å². The fraction of sp³-hybridized carbons (Fsp3) is 0.450. The number of methoxy groups -OCH3 is 1. The molecule has 27 heavy (non-hydrogen) atoms. The number of amides is 1. The normalized spacial score (nSPS) is 19.3. The number of hydrogen-bond acceptors (Lipinski definition) is 5. The number of likely N-dealkylation sites (tertiary alicyclic amines) is 1. The van der Waals surface area contributed by atoms with Gasteiger partial charge >= 0.3 is 5.97 Å². The van der Waals surface area contributed by atoms with E-state index in [4.69, 9.17) is 9.26 Å². The standard InChI is InChI=1S/C20H24N2O5/c1-12-14(13(2)27-21-12)8-9-19(23)22-10-16(17(11-22)20(24)25)15-6-4-5-7-18(15)26-3/h4-7,16-17H,8-11H2,1-3H3,(H,24,25)/t16-,17+/m0/s1. The van der Waals surface area contributed by atoms with Gasteiger partial charge < -0.3 is 19.3 Å². The van der Waals surface area contributed by atoms with Crippen LogP contribution in [0.2, 0.25) is 0 Å². The molecule has 1 N–H and O–H groups in total. The maximum atomic E-state index is 12.7. The summed E-state index contributed by atoms with van der Waals surface area (Å²) in [6, 6.07) is 7.39. The van der Waals surface area contributed by atoms with Crippen LogP contribution >= 0.6 is 0 Å². The molecule has 0 unspecified atom stereocenters. The van der Waals surface area contributed by atoms with Crippen LogP contribution in [0.5, 0.6) is 5.75 Å². The second-order valence-electron chi connectivity index (χ2n) is 6.89. The van der Waals surface area contributed by atoms with Crippen molar-refractivity contribution >= 4 is 11.9 Å². The number of carbonyl (C=O) groups excluding carboxylic acids is 1. The molecular formula is C20H24N2O5. The quantitative estimate of drug-likeness (QED) is 0.838. The molecule has 7 nitrogen and oxygen atoms in total. The molecule has 0 saturated carbocycles. The van der Waals surface area contributed by atoms with Gasteiger partial charge in [-0.2, -0.15) is 0 Å². The average Bonchev–Trinajstić information content (AvgIpc) is 3.24. The molecule has 1 aliphatic rings. The SMILES string of the molecule is COc1ccccc1[C@@H]1CN(C(=O)CCc2c(C)noc2C)C[C@H]1C(=O)O. The Morgan fingerprint density at radius 3 is 2.67 bits per heavy atom. The summed E-state index contributed by atoms with van der Waals surface area (Å²) in [4.78, 5) is 26.1. The number of aromatic nitrogens is 1. The van der Waals surface area contributed by atoms with E-state index in [1.165, 1.54) is 0 Å². The Bertz CT molecular complexity index is 825. The number of carboxylic acids is 1. The predicted octanol–water partition coefficient (Wildman–Crippen LogP) is 2.56. The Kier molecular flexibility index (Phi) is 5.48. The van der Waals surface area contributed by atoms with Gasteiger partial charge in [0.15, 0.2) is 0 Å². The number of aliphatic carboxylic acids is 1. The van der Waals surface area contributed by atoms with Crippen molar-refractivity contribution < 1.29 is 24.0 Å². The van der Waals surface area contributed by atoms with Crippen LogP contribution in [0.4, 0.5) is 0 Å². The van der Waals surface area contributed by atoms with E-state index < -0.39 is 11.9 Å². The number of carboxylic acid groups (broad SMARTS) is 1. The molecule has 2 atom stereocenters. The van der Waals surface area contributed by atoms with E-state index in [0.717, 1.165) is 22.6 Å². The van der Waals surface area contributed by atoms with Gasteiger partial charge in [0.2, 0.25) is 5.91 Å². The molecule has 1 saturated heterocycles.